The summed E-state index contributed by atoms with van der Waals surface area (Å²) < 4.78 is 26.9. The third-order valence-corrected chi connectivity index (χ3v) is 4.48. The number of anilines is 1. The van der Waals surface area contributed by atoms with E-state index in [1.54, 1.807) is 11.4 Å². The first-order valence-electron chi connectivity index (χ1n) is 3.82. The third-order valence-electron chi connectivity index (χ3n) is 1.71. The lowest BCUT2D eigenvalue weighted by atomic mass is 10.4. The number of amidine groups is 1. The van der Waals surface area contributed by atoms with Gasteiger partial charge in [0.25, 0.3) is 10.0 Å². The summed E-state index contributed by atoms with van der Waals surface area (Å²) in [5.74, 6) is 0.505. The van der Waals surface area contributed by atoms with Crippen molar-refractivity contribution in [1.82, 2.24) is 0 Å². The maximum absolute atomic E-state index is 11.5. The first kappa shape index (κ1) is 8.71. The molecule has 0 aliphatic carbocycles. The van der Waals surface area contributed by atoms with Crippen molar-refractivity contribution in [3.8, 4) is 0 Å². The predicted octanol–water partition coefficient (Wildman–Crippen LogP) is 1.67. The van der Waals surface area contributed by atoms with E-state index in [0.717, 1.165) is 0 Å². The Morgan fingerprint density at radius 3 is 3.08 bits per heavy atom. The molecule has 0 bridgehead atoms. The Hall–Kier alpha value is -0.880. The molecule has 0 amide bonds. The number of nitrogens with one attached hydrogen (secondary N) is 1. The normalized spacial score (nSPS) is 18.7. The van der Waals surface area contributed by atoms with Gasteiger partial charge in [-0.3, -0.25) is 0 Å². The quantitative estimate of drug-likeness (QED) is 0.776. The highest BCUT2D eigenvalue weighted by molar-refractivity contribution is 7.92. The molecule has 1 N–H and O–H groups in total. The van der Waals surface area contributed by atoms with E-state index in [0.29, 0.717) is 22.2 Å². The van der Waals surface area contributed by atoms with Crippen molar-refractivity contribution >= 4 is 32.9 Å². The largest absolute Gasteiger partial charge is 0.341 e. The zero-order valence-corrected chi connectivity index (χ0v) is 8.58. The van der Waals surface area contributed by atoms with Crippen LogP contribution in [0.15, 0.2) is 20.1 Å². The molecule has 1 aliphatic heterocycles. The Morgan fingerprint density at radius 2 is 2.38 bits per heavy atom. The molecule has 0 fully saturated rings. The second kappa shape index (κ2) is 2.81. The Labute approximate surface area is 80.4 Å². The smallest absolute Gasteiger partial charge is 0.295 e. The summed E-state index contributed by atoms with van der Waals surface area (Å²) in [5, 5.41) is 4.70. The van der Waals surface area contributed by atoms with Gasteiger partial charge in [-0.25, -0.2) is 0 Å². The number of sulfonamides is 1. The Morgan fingerprint density at radius 1 is 1.62 bits per heavy atom. The number of nitrogens with zero attached hydrogens (tertiary/aromatic N) is 1. The van der Waals surface area contributed by atoms with E-state index in [1.165, 1.54) is 11.3 Å². The van der Waals surface area contributed by atoms with Crippen LogP contribution in [0.25, 0.3) is 0 Å². The highest BCUT2D eigenvalue weighted by Crippen LogP contribution is 2.32. The van der Waals surface area contributed by atoms with Crippen LogP contribution in [-0.4, -0.2) is 14.3 Å². The average molecular weight is 216 g/mol. The number of thiophene rings is 1. The van der Waals surface area contributed by atoms with Crippen LogP contribution in [0, 0.1) is 0 Å². The standard InChI is InChI=1S/C7H8N2O2S2/c1-2-6-8-5-3-4-12-7(5)13(10,11)9-6/h3-4H,2H2,1H3,(H,8,9). The van der Waals surface area contributed by atoms with E-state index >= 15 is 0 Å². The van der Waals surface area contributed by atoms with Gasteiger partial charge in [0.15, 0.2) is 4.21 Å². The van der Waals surface area contributed by atoms with E-state index in [9.17, 15) is 8.42 Å². The summed E-state index contributed by atoms with van der Waals surface area (Å²) in [7, 11) is -3.42. The lowest BCUT2D eigenvalue weighted by Gasteiger charge is -2.12. The minimum absolute atomic E-state index is 0.310. The fourth-order valence-corrected chi connectivity index (χ4v) is 3.39. The SMILES string of the molecule is CCC1=NS(=O)(=O)c2sccc2N1. The molecule has 1 aromatic heterocycles. The van der Waals surface area contributed by atoms with Gasteiger partial charge in [-0.2, -0.15) is 8.42 Å². The van der Waals surface area contributed by atoms with Crippen LogP contribution in [0.5, 0.6) is 0 Å². The topological polar surface area (TPSA) is 58.5 Å². The molecule has 0 saturated heterocycles. The van der Waals surface area contributed by atoms with Crippen molar-refractivity contribution in [3.63, 3.8) is 0 Å². The Kier molecular flexibility index (Phi) is 1.88. The highest BCUT2D eigenvalue weighted by atomic mass is 32.2. The number of rotatable bonds is 1. The molecule has 6 heteroatoms. The van der Waals surface area contributed by atoms with Crippen LogP contribution in [0.2, 0.25) is 0 Å². The molecule has 0 unspecified atom stereocenters. The minimum Gasteiger partial charge on any atom is -0.341 e. The fourth-order valence-electron chi connectivity index (χ4n) is 1.11. The van der Waals surface area contributed by atoms with Gasteiger partial charge >= 0.3 is 0 Å². The van der Waals surface area contributed by atoms with Crippen LogP contribution in [0.3, 0.4) is 0 Å². The summed E-state index contributed by atoms with van der Waals surface area (Å²) >= 11 is 1.19. The second-order valence-electron chi connectivity index (χ2n) is 2.61. The molecule has 1 aliphatic rings. The van der Waals surface area contributed by atoms with Crippen molar-refractivity contribution in [2.24, 2.45) is 4.40 Å². The molecule has 0 radical (unpaired) electrons. The van der Waals surface area contributed by atoms with E-state index < -0.39 is 10.0 Å². The Balaban J connectivity index is 2.60. The molecule has 2 heterocycles. The van der Waals surface area contributed by atoms with Crippen LogP contribution >= 0.6 is 11.3 Å². The first-order valence-corrected chi connectivity index (χ1v) is 6.14. The van der Waals surface area contributed by atoms with Gasteiger partial charge in [0, 0.05) is 6.42 Å². The Bertz CT molecular complexity index is 459. The number of hydrogen-bond acceptors (Lipinski definition) is 4. The van der Waals surface area contributed by atoms with Crippen molar-refractivity contribution < 1.29 is 8.42 Å². The molecule has 4 nitrogen and oxygen atoms in total. The molecule has 13 heavy (non-hydrogen) atoms. The minimum atomic E-state index is -3.42. The maximum Gasteiger partial charge on any atom is 0.295 e. The van der Waals surface area contributed by atoms with Gasteiger partial charge in [-0.15, -0.1) is 15.7 Å². The monoisotopic (exact) mass is 216 g/mol. The molecule has 70 valence electrons. The van der Waals surface area contributed by atoms with Gasteiger partial charge in [0.2, 0.25) is 0 Å². The molecule has 0 saturated carbocycles. The highest BCUT2D eigenvalue weighted by Gasteiger charge is 2.25. The summed E-state index contributed by atoms with van der Waals surface area (Å²) in [6.45, 7) is 1.86. The molecular weight excluding hydrogens is 208 g/mol. The molecule has 0 spiro atoms. The predicted molar refractivity (Wildman–Crippen MR) is 52.9 cm³/mol. The molecule has 1 aromatic rings. The van der Waals surface area contributed by atoms with Crippen LogP contribution in [-0.2, 0) is 10.0 Å². The molecular formula is C7H8N2O2S2. The second-order valence-corrected chi connectivity index (χ2v) is 5.33. The van der Waals surface area contributed by atoms with Crippen molar-refractivity contribution in [1.29, 1.82) is 0 Å². The first-order chi connectivity index (χ1) is 6.13. The average Bonchev–Trinajstić information content (AvgIpc) is 2.51. The van der Waals surface area contributed by atoms with Gasteiger partial charge in [-0.05, 0) is 11.4 Å². The molecule has 2 rings (SSSR count). The van der Waals surface area contributed by atoms with Gasteiger partial charge in [0.05, 0.1) is 5.69 Å². The summed E-state index contributed by atoms with van der Waals surface area (Å²) in [6, 6.07) is 1.75. The molecule has 0 atom stereocenters. The molecule has 0 aromatic carbocycles. The van der Waals surface area contributed by atoms with Crippen molar-refractivity contribution in [3.05, 3.63) is 11.4 Å². The van der Waals surface area contributed by atoms with E-state index in [2.05, 4.69) is 9.71 Å². The van der Waals surface area contributed by atoms with E-state index in [4.69, 9.17) is 0 Å². The van der Waals surface area contributed by atoms with Gasteiger partial charge < -0.3 is 5.32 Å². The summed E-state index contributed by atoms with van der Waals surface area (Å²) in [5.41, 5.74) is 0.650. The summed E-state index contributed by atoms with van der Waals surface area (Å²) in [4.78, 5) is 0. The van der Waals surface area contributed by atoms with E-state index in [1.807, 2.05) is 6.92 Å². The zero-order valence-electron chi connectivity index (χ0n) is 6.94. The number of fused-ring (bicyclic) bond motifs is 1. The van der Waals surface area contributed by atoms with Crippen LogP contribution < -0.4 is 5.32 Å². The maximum atomic E-state index is 11.5. The summed E-state index contributed by atoms with van der Waals surface area (Å²) in [6.07, 6.45) is 0.592. The fraction of sp³-hybridized carbons (Fsp3) is 0.286. The van der Waals surface area contributed by atoms with Crippen LogP contribution in [0.1, 0.15) is 13.3 Å². The van der Waals surface area contributed by atoms with Gasteiger partial charge in [-0.1, -0.05) is 6.92 Å². The van der Waals surface area contributed by atoms with E-state index in [-0.39, 0.29) is 0 Å². The van der Waals surface area contributed by atoms with Gasteiger partial charge in [0.1, 0.15) is 5.84 Å². The van der Waals surface area contributed by atoms with Crippen molar-refractivity contribution in [2.45, 2.75) is 17.6 Å². The zero-order chi connectivity index (χ0) is 9.47. The van der Waals surface area contributed by atoms with Crippen molar-refractivity contribution in [2.75, 3.05) is 5.32 Å². The number of hydrogen-bond donors (Lipinski definition) is 1. The lowest BCUT2D eigenvalue weighted by Crippen LogP contribution is -2.18. The van der Waals surface area contributed by atoms with Crippen LogP contribution in [0.4, 0.5) is 5.69 Å². The third kappa shape index (κ3) is 1.36. The lowest BCUT2D eigenvalue weighted by molar-refractivity contribution is 0.599.